The van der Waals surface area contributed by atoms with Crippen molar-refractivity contribution in [2.75, 3.05) is 19.7 Å². The molecule has 2 N–H and O–H groups in total. The first-order valence-corrected chi connectivity index (χ1v) is 11.7. The molecule has 178 valence electrons. The number of aryl methyl sites for hydroxylation is 1. The Morgan fingerprint density at radius 3 is 2.62 bits per heavy atom. The molecule has 34 heavy (non-hydrogen) atoms. The lowest BCUT2D eigenvalue weighted by Crippen LogP contribution is -2.50. The second-order valence-corrected chi connectivity index (χ2v) is 9.50. The maximum atomic E-state index is 13.7. The molecule has 0 saturated carbocycles. The Hall–Kier alpha value is -3.03. The molecule has 3 aromatic rings. The van der Waals surface area contributed by atoms with Crippen molar-refractivity contribution in [3.05, 3.63) is 69.9 Å². The molecule has 1 aliphatic heterocycles. The second kappa shape index (κ2) is 10.1. The SMILES string of the molecule is Cc1onc(-c2ccccc2Cl)c1C(=O)N1CCCC(COc2ccc(Cl)cc2)(CC(N)=O)C1. The summed E-state index contributed by atoms with van der Waals surface area (Å²) in [5, 5.41) is 5.19. The monoisotopic (exact) mass is 501 g/mol. The van der Waals surface area contributed by atoms with E-state index in [2.05, 4.69) is 5.16 Å². The van der Waals surface area contributed by atoms with Crippen LogP contribution in [0.15, 0.2) is 53.1 Å². The van der Waals surface area contributed by atoms with Crippen LogP contribution < -0.4 is 10.5 Å². The molecule has 4 rings (SSSR count). The molecule has 0 aliphatic carbocycles. The number of primary amides is 1. The largest absolute Gasteiger partial charge is 0.493 e. The quantitative estimate of drug-likeness (QED) is 0.483. The van der Waals surface area contributed by atoms with Crippen LogP contribution in [0.4, 0.5) is 0 Å². The highest BCUT2D eigenvalue weighted by molar-refractivity contribution is 6.33. The van der Waals surface area contributed by atoms with Gasteiger partial charge in [0.1, 0.15) is 22.8 Å². The maximum Gasteiger partial charge on any atom is 0.259 e. The Balaban J connectivity index is 1.59. The lowest BCUT2D eigenvalue weighted by Gasteiger charge is -2.42. The van der Waals surface area contributed by atoms with Crippen LogP contribution in [0.25, 0.3) is 11.3 Å². The Kier molecular flexibility index (Phi) is 7.14. The number of likely N-dealkylation sites (tertiary alicyclic amines) is 1. The Morgan fingerprint density at radius 1 is 1.18 bits per heavy atom. The number of benzene rings is 2. The number of amides is 2. The Morgan fingerprint density at radius 2 is 1.91 bits per heavy atom. The third-order valence-corrected chi connectivity index (χ3v) is 6.64. The van der Waals surface area contributed by atoms with Crippen molar-refractivity contribution in [2.24, 2.45) is 11.1 Å². The minimum Gasteiger partial charge on any atom is -0.493 e. The Bertz CT molecular complexity index is 1200. The van der Waals surface area contributed by atoms with Crippen molar-refractivity contribution in [3.63, 3.8) is 0 Å². The summed E-state index contributed by atoms with van der Waals surface area (Å²) in [6.45, 7) is 2.79. The maximum absolute atomic E-state index is 13.7. The van der Waals surface area contributed by atoms with E-state index in [-0.39, 0.29) is 18.9 Å². The number of nitrogens with zero attached hydrogens (tertiary/aromatic N) is 2. The van der Waals surface area contributed by atoms with Gasteiger partial charge in [0.05, 0.1) is 11.6 Å². The average Bonchev–Trinajstić information content (AvgIpc) is 3.19. The lowest BCUT2D eigenvalue weighted by molar-refractivity contribution is -0.122. The zero-order chi connectivity index (χ0) is 24.3. The number of aromatic nitrogens is 1. The molecule has 0 bridgehead atoms. The number of hydrogen-bond donors (Lipinski definition) is 1. The molecule has 9 heteroatoms. The van der Waals surface area contributed by atoms with Crippen molar-refractivity contribution in [1.82, 2.24) is 10.1 Å². The second-order valence-electron chi connectivity index (χ2n) is 8.66. The van der Waals surface area contributed by atoms with Gasteiger partial charge in [-0.15, -0.1) is 0 Å². The smallest absolute Gasteiger partial charge is 0.259 e. The third-order valence-electron chi connectivity index (χ3n) is 6.06. The number of carbonyl (C=O) groups excluding carboxylic acids is 2. The predicted octanol–water partition coefficient (Wildman–Crippen LogP) is 5.13. The van der Waals surface area contributed by atoms with E-state index < -0.39 is 11.3 Å². The molecule has 1 saturated heterocycles. The van der Waals surface area contributed by atoms with Crippen LogP contribution >= 0.6 is 23.2 Å². The van der Waals surface area contributed by atoms with Crippen LogP contribution in [0.5, 0.6) is 5.75 Å². The Labute approximate surface area is 207 Å². The molecule has 2 aromatic carbocycles. The van der Waals surface area contributed by atoms with Crippen molar-refractivity contribution in [2.45, 2.75) is 26.2 Å². The number of rotatable bonds is 7. The van der Waals surface area contributed by atoms with Gasteiger partial charge in [-0.2, -0.15) is 0 Å². The number of ether oxygens (including phenoxy) is 1. The van der Waals surface area contributed by atoms with Gasteiger partial charge in [-0.1, -0.05) is 46.6 Å². The van der Waals surface area contributed by atoms with Crippen molar-refractivity contribution < 1.29 is 18.8 Å². The minimum absolute atomic E-state index is 0.102. The van der Waals surface area contributed by atoms with Gasteiger partial charge in [0.2, 0.25) is 5.91 Å². The highest BCUT2D eigenvalue weighted by Gasteiger charge is 2.41. The molecule has 2 heterocycles. The summed E-state index contributed by atoms with van der Waals surface area (Å²) >= 11 is 12.3. The first kappa shape index (κ1) is 24.1. The predicted molar refractivity (Wildman–Crippen MR) is 130 cm³/mol. The summed E-state index contributed by atoms with van der Waals surface area (Å²) < 4.78 is 11.4. The average molecular weight is 502 g/mol. The highest BCUT2D eigenvalue weighted by Crippen LogP contribution is 2.37. The van der Waals surface area contributed by atoms with Gasteiger partial charge < -0.3 is 19.9 Å². The molecular formula is C25H25Cl2N3O4. The number of halogens is 2. The molecule has 1 aliphatic rings. The van der Waals surface area contributed by atoms with Gasteiger partial charge in [-0.05, 0) is 50.1 Å². The van der Waals surface area contributed by atoms with Crippen LogP contribution in [-0.4, -0.2) is 41.6 Å². The minimum atomic E-state index is -0.616. The summed E-state index contributed by atoms with van der Waals surface area (Å²) in [7, 11) is 0. The van der Waals surface area contributed by atoms with Crippen molar-refractivity contribution in [1.29, 1.82) is 0 Å². The van der Waals surface area contributed by atoms with Crippen LogP contribution in [-0.2, 0) is 4.79 Å². The zero-order valence-electron chi connectivity index (χ0n) is 18.7. The molecular weight excluding hydrogens is 477 g/mol. The number of carbonyl (C=O) groups is 2. The molecule has 7 nitrogen and oxygen atoms in total. The topological polar surface area (TPSA) is 98.7 Å². The normalized spacial score (nSPS) is 18.0. The summed E-state index contributed by atoms with van der Waals surface area (Å²) in [5.74, 6) is 0.372. The molecule has 1 unspecified atom stereocenters. The summed E-state index contributed by atoms with van der Waals surface area (Å²) in [4.78, 5) is 27.4. The van der Waals surface area contributed by atoms with Crippen molar-refractivity contribution >= 4 is 35.0 Å². The van der Waals surface area contributed by atoms with Gasteiger partial charge in [0, 0.05) is 35.5 Å². The van der Waals surface area contributed by atoms with E-state index in [1.807, 2.05) is 12.1 Å². The third kappa shape index (κ3) is 5.21. The van der Waals surface area contributed by atoms with Gasteiger partial charge in [-0.3, -0.25) is 9.59 Å². The van der Waals surface area contributed by atoms with Crippen molar-refractivity contribution in [3.8, 4) is 17.0 Å². The van der Waals surface area contributed by atoms with E-state index in [9.17, 15) is 9.59 Å². The zero-order valence-corrected chi connectivity index (χ0v) is 20.2. The van der Waals surface area contributed by atoms with E-state index >= 15 is 0 Å². The van der Waals surface area contributed by atoms with E-state index in [1.54, 1.807) is 48.2 Å². The van der Waals surface area contributed by atoms with E-state index in [4.69, 9.17) is 38.2 Å². The molecule has 2 amide bonds. The molecule has 0 radical (unpaired) electrons. The summed E-state index contributed by atoms with van der Waals surface area (Å²) in [6, 6.07) is 14.2. The van der Waals surface area contributed by atoms with E-state index in [0.717, 1.165) is 0 Å². The van der Waals surface area contributed by atoms with Crippen LogP contribution in [0.3, 0.4) is 0 Å². The summed E-state index contributed by atoms with van der Waals surface area (Å²) in [5.41, 5.74) is 6.37. The number of hydrogen-bond acceptors (Lipinski definition) is 5. The number of nitrogens with two attached hydrogens (primary N) is 1. The van der Waals surface area contributed by atoms with E-state index in [0.29, 0.717) is 64.3 Å². The molecule has 1 aromatic heterocycles. The summed E-state index contributed by atoms with van der Waals surface area (Å²) in [6.07, 6.45) is 1.51. The first-order chi connectivity index (χ1) is 16.3. The van der Waals surface area contributed by atoms with Crippen LogP contribution in [0, 0.1) is 12.3 Å². The lowest BCUT2D eigenvalue weighted by atomic mass is 9.77. The van der Waals surface area contributed by atoms with Gasteiger partial charge in [0.15, 0.2) is 0 Å². The van der Waals surface area contributed by atoms with Crippen LogP contribution in [0.2, 0.25) is 10.0 Å². The molecule has 1 atom stereocenters. The van der Waals surface area contributed by atoms with Gasteiger partial charge in [0.25, 0.3) is 5.91 Å². The number of piperidine rings is 1. The fraction of sp³-hybridized carbons (Fsp3) is 0.320. The standard InChI is InChI=1S/C25H25Cl2N3O4/c1-16-22(23(29-34-16)19-5-2-3-6-20(19)27)24(32)30-12-4-11-25(14-30,13-21(28)31)15-33-18-9-7-17(26)8-10-18/h2-3,5-10H,4,11-15H2,1H3,(H2,28,31). The highest BCUT2D eigenvalue weighted by atomic mass is 35.5. The first-order valence-electron chi connectivity index (χ1n) is 11.0. The van der Waals surface area contributed by atoms with Crippen LogP contribution in [0.1, 0.15) is 35.4 Å². The van der Waals surface area contributed by atoms with Gasteiger partial charge >= 0.3 is 0 Å². The van der Waals surface area contributed by atoms with Gasteiger partial charge in [-0.25, -0.2) is 0 Å². The molecule has 1 fully saturated rings. The fourth-order valence-electron chi connectivity index (χ4n) is 4.45. The van der Waals surface area contributed by atoms with E-state index in [1.165, 1.54) is 0 Å². The molecule has 0 spiro atoms. The fourth-order valence-corrected chi connectivity index (χ4v) is 4.80.